The maximum Gasteiger partial charge on any atom is 0.244 e. The Balaban J connectivity index is 1.82. The molecule has 1 aliphatic carbocycles. The quantitative estimate of drug-likeness (QED) is 0.805. The lowest BCUT2D eigenvalue weighted by molar-refractivity contribution is -0.117. The van der Waals surface area contributed by atoms with Crippen LogP contribution >= 0.6 is 0 Å². The van der Waals surface area contributed by atoms with Crippen LogP contribution in [0.5, 0.6) is 5.75 Å². The number of carbonyl (C=O) groups excluding carboxylic acids is 1. The Kier molecular flexibility index (Phi) is 5.66. The number of ether oxygens (including phenoxy) is 1. The van der Waals surface area contributed by atoms with Gasteiger partial charge in [0, 0.05) is 12.1 Å². The lowest BCUT2D eigenvalue weighted by atomic mass is 10.2. The lowest BCUT2D eigenvalue weighted by Crippen LogP contribution is -2.30. The van der Waals surface area contributed by atoms with Crippen LogP contribution in [0.3, 0.4) is 0 Å². The topological polar surface area (TPSA) is 38.3 Å². The summed E-state index contributed by atoms with van der Waals surface area (Å²) in [4.78, 5) is 11.8. The van der Waals surface area contributed by atoms with Gasteiger partial charge in [-0.3, -0.25) is 4.79 Å². The molecule has 1 N–H and O–H groups in total. The molecule has 1 aliphatic rings. The summed E-state index contributed by atoms with van der Waals surface area (Å²) in [6.45, 7) is 2.82. The first kappa shape index (κ1) is 14.6. The number of hydrogen-bond donors (Lipinski definition) is 1. The Morgan fingerprint density at radius 3 is 2.65 bits per heavy atom. The third kappa shape index (κ3) is 4.72. The van der Waals surface area contributed by atoms with E-state index < -0.39 is 0 Å². The molecule has 1 saturated carbocycles. The summed E-state index contributed by atoms with van der Waals surface area (Å²) in [5.41, 5.74) is 1.01. The number of rotatable bonds is 6. The minimum absolute atomic E-state index is 0.00297. The Labute approximate surface area is 121 Å². The fourth-order valence-corrected chi connectivity index (χ4v) is 2.39. The summed E-state index contributed by atoms with van der Waals surface area (Å²) < 4.78 is 5.52. The third-order valence-electron chi connectivity index (χ3n) is 3.48. The van der Waals surface area contributed by atoms with Crippen LogP contribution in [-0.4, -0.2) is 18.6 Å². The molecule has 0 aromatic heterocycles. The van der Waals surface area contributed by atoms with Gasteiger partial charge in [0.2, 0.25) is 5.91 Å². The Morgan fingerprint density at radius 2 is 2.00 bits per heavy atom. The summed E-state index contributed by atoms with van der Waals surface area (Å²) in [6.07, 6.45) is 9.14. The van der Waals surface area contributed by atoms with Gasteiger partial charge in [-0.15, -0.1) is 0 Å². The number of carbonyl (C=O) groups is 1. The van der Waals surface area contributed by atoms with Crippen LogP contribution in [0, 0.1) is 0 Å². The molecular formula is C17H23NO2. The summed E-state index contributed by atoms with van der Waals surface area (Å²) in [7, 11) is 0. The van der Waals surface area contributed by atoms with Crippen LogP contribution < -0.4 is 10.1 Å². The van der Waals surface area contributed by atoms with Crippen molar-refractivity contribution in [2.45, 2.75) is 45.1 Å². The molecule has 0 spiro atoms. The molecule has 3 heteroatoms. The summed E-state index contributed by atoms with van der Waals surface area (Å²) in [5.74, 6) is 0.877. The molecule has 0 radical (unpaired) electrons. The van der Waals surface area contributed by atoms with Crippen LogP contribution in [0.4, 0.5) is 0 Å². The highest BCUT2D eigenvalue weighted by molar-refractivity contribution is 5.91. The molecule has 3 nitrogen and oxygen atoms in total. The normalized spacial score (nSPS) is 15.7. The highest BCUT2D eigenvalue weighted by atomic mass is 16.5. The summed E-state index contributed by atoms with van der Waals surface area (Å²) in [5, 5.41) is 3.04. The molecule has 0 bridgehead atoms. The van der Waals surface area contributed by atoms with Gasteiger partial charge in [-0.25, -0.2) is 0 Å². The molecule has 0 aliphatic heterocycles. The van der Waals surface area contributed by atoms with E-state index in [0.717, 1.165) is 37.2 Å². The molecule has 0 atom stereocenters. The van der Waals surface area contributed by atoms with Gasteiger partial charge in [-0.2, -0.15) is 0 Å². The zero-order valence-electron chi connectivity index (χ0n) is 12.1. The monoisotopic (exact) mass is 273 g/mol. The third-order valence-corrected chi connectivity index (χ3v) is 3.48. The molecule has 0 heterocycles. The van der Waals surface area contributed by atoms with E-state index in [2.05, 4.69) is 12.2 Å². The number of amides is 1. The first-order chi connectivity index (χ1) is 9.78. The fraction of sp³-hybridized carbons (Fsp3) is 0.471. The van der Waals surface area contributed by atoms with Crippen LogP contribution in [0.1, 0.15) is 44.6 Å². The standard InChI is InChI=1S/C17H23NO2/c1-2-13-20-16-10-7-14(8-11-16)9-12-17(19)18-15-5-3-4-6-15/h7-12,15H,2-6,13H2,1H3,(H,18,19). The van der Waals surface area contributed by atoms with Gasteiger partial charge in [0.1, 0.15) is 5.75 Å². The second kappa shape index (κ2) is 7.73. The Bertz CT molecular complexity index is 445. The van der Waals surface area contributed by atoms with Crippen molar-refractivity contribution < 1.29 is 9.53 Å². The molecular weight excluding hydrogens is 250 g/mol. The van der Waals surface area contributed by atoms with Crippen molar-refractivity contribution in [3.05, 3.63) is 35.9 Å². The highest BCUT2D eigenvalue weighted by Crippen LogP contribution is 2.17. The minimum Gasteiger partial charge on any atom is -0.494 e. The average molecular weight is 273 g/mol. The van der Waals surface area contributed by atoms with Crippen molar-refractivity contribution in [3.63, 3.8) is 0 Å². The second-order valence-electron chi connectivity index (χ2n) is 5.24. The van der Waals surface area contributed by atoms with E-state index in [1.54, 1.807) is 6.08 Å². The van der Waals surface area contributed by atoms with Crippen molar-refractivity contribution >= 4 is 12.0 Å². The van der Waals surface area contributed by atoms with Gasteiger partial charge in [-0.1, -0.05) is 31.9 Å². The lowest BCUT2D eigenvalue weighted by Gasteiger charge is -2.09. The van der Waals surface area contributed by atoms with E-state index in [1.807, 2.05) is 30.3 Å². The summed E-state index contributed by atoms with van der Waals surface area (Å²) in [6, 6.07) is 8.17. The molecule has 2 rings (SSSR count). The maximum atomic E-state index is 11.8. The van der Waals surface area contributed by atoms with Crippen molar-refractivity contribution in [2.75, 3.05) is 6.61 Å². The van der Waals surface area contributed by atoms with Gasteiger partial charge < -0.3 is 10.1 Å². The van der Waals surface area contributed by atoms with Gasteiger partial charge in [0.25, 0.3) is 0 Å². The maximum absolute atomic E-state index is 11.8. The molecule has 108 valence electrons. The van der Waals surface area contributed by atoms with Crippen LogP contribution in [0.2, 0.25) is 0 Å². The van der Waals surface area contributed by atoms with E-state index in [-0.39, 0.29) is 5.91 Å². The first-order valence-electron chi connectivity index (χ1n) is 7.49. The number of hydrogen-bond acceptors (Lipinski definition) is 2. The van der Waals surface area contributed by atoms with Gasteiger partial charge >= 0.3 is 0 Å². The van der Waals surface area contributed by atoms with E-state index in [0.29, 0.717) is 6.04 Å². The SMILES string of the molecule is CCCOc1ccc(C=CC(=O)NC2CCCC2)cc1. The Hall–Kier alpha value is -1.77. The fourth-order valence-electron chi connectivity index (χ4n) is 2.39. The Morgan fingerprint density at radius 1 is 1.30 bits per heavy atom. The molecule has 0 unspecified atom stereocenters. The van der Waals surface area contributed by atoms with E-state index in [9.17, 15) is 4.79 Å². The predicted octanol–water partition coefficient (Wildman–Crippen LogP) is 3.55. The molecule has 1 aromatic rings. The van der Waals surface area contributed by atoms with Crippen LogP contribution in [-0.2, 0) is 4.79 Å². The molecule has 1 amide bonds. The van der Waals surface area contributed by atoms with Gasteiger partial charge in [-0.05, 0) is 43.0 Å². The average Bonchev–Trinajstić information content (AvgIpc) is 2.97. The van der Waals surface area contributed by atoms with Crippen LogP contribution in [0.15, 0.2) is 30.3 Å². The molecule has 0 saturated heterocycles. The number of nitrogens with one attached hydrogen (secondary N) is 1. The van der Waals surface area contributed by atoms with Crippen molar-refractivity contribution in [1.29, 1.82) is 0 Å². The zero-order valence-corrected chi connectivity index (χ0v) is 12.1. The van der Waals surface area contributed by atoms with Crippen LogP contribution in [0.25, 0.3) is 6.08 Å². The van der Waals surface area contributed by atoms with E-state index >= 15 is 0 Å². The number of benzene rings is 1. The minimum atomic E-state index is 0.00297. The van der Waals surface area contributed by atoms with Gasteiger partial charge in [0.15, 0.2) is 0 Å². The zero-order chi connectivity index (χ0) is 14.2. The molecule has 1 aromatic carbocycles. The van der Waals surface area contributed by atoms with Gasteiger partial charge in [0.05, 0.1) is 6.61 Å². The molecule has 20 heavy (non-hydrogen) atoms. The first-order valence-corrected chi connectivity index (χ1v) is 7.49. The van der Waals surface area contributed by atoms with E-state index in [4.69, 9.17) is 4.74 Å². The summed E-state index contributed by atoms with van der Waals surface area (Å²) >= 11 is 0. The highest BCUT2D eigenvalue weighted by Gasteiger charge is 2.15. The second-order valence-corrected chi connectivity index (χ2v) is 5.24. The van der Waals surface area contributed by atoms with E-state index in [1.165, 1.54) is 12.8 Å². The molecule has 1 fully saturated rings. The predicted molar refractivity (Wildman–Crippen MR) is 81.7 cm³/mol. The smallest absolute Gasteiger partial charge is 0.244 e. The van der Waals surface area contributed by atoms with Crippen molar-refractivity contribution in [1.82, 2.24) is 5.32 Å². The van der Waals surface area contributed by atoms with Crippen molar-refractivity contribution in [2.24, 2.45) is 0 Å². The largest absolute Gasteiger partial charge is 0.494 e. The van der Waals surface area contributed by atoms with Crippen molar-refractivity contribution in [3.8, 4) is 5.75 Å².